The second-order valence-electron chi connectivity index (χ2n) is 7.28. The van der Waals surface area contributed by atoms with Crippen LogP contribution in [0.4, 0.5) is 11.4 Å². The molecule has 1 N–H and O–H groups in total. The van der Waals surface area contributed by atoms with E-state index in [1.807, 2.05) is 32.9 Å². The maximum Gasteiger partial charge on any atom is 0.270 e. The van der Waals surface area contributed by atoms with Crippen molar-refractivity contribution >= 4 is 17.3 Å². The van der Waals surface area contributed by atoms with E-state index in [2.05, 4.69) is 5.32 Å². The van der Waals surface area contributed by atoms with Crippen LogP contribution in [0, 0.1) is 30.9 Å². The van der Waals surface area contributed by atoms with E-state index in [9.17, 15) is 14.9 Å². The van der Waals surface area contributed by atoms with Gasteiger partial charge in [0.2, 0.25) is 0 Å². The number of nitrogens with one attached hydrogen (secondary N) is 1. The lowest BCUT2D eigenvalue weighted by Crippen LogP contribution is -2.21. The van der Waals surface area contributed by atoms with Crippen molar-refractivity contribution in [2.45, 2.75) is 20.8 Å². The maximum absolute atomic E-state index is 12.5. The number of amides is 1. The van der Waals surface area contributed by atoms with Crippen molar-refractivity contribution in [1.82, 2.24) is 0 Å². The summed E-state index contributed by atoms with van der Waals surface area (Å²) in [4.78, 5) is 23.3. The van der Waals surface area contributed by atoms with E-state index < -0.39 is 4.92 Å². The summed E-state index contributed by atoms with van der Waals surface area (Å²) in [6.45, 7) is 5.65. The lowest BCUT2D eigenvalue weighted by Gasteiger charge is -2.15. The first-order valence-corrected chi connectivity index (χ1v) is 9.72. The molecule has 0 radical (unpaired) electrons. The normalized spacial score (nSPS) is 10.5. The monoisotopic (exact) mass is 420 g/mol. The van der Waals surface area contributed by atoms with Gasteiger partial charge in [-0.1, -0.05) is 29.8 Å². The number of carbonyl (C=O) groups is 1. The van der Waals surface area contributed by atoms with Gasteiger partial charge in [-0.25, -0.2) is 0 Å². The molecule has 160 valence electrons. The van der Waals surface area contributed by atoms with Crippen molar-refractivity contribution in [1.29, 1.82) is 0 Å². The van der Waals surface area contributed by atoms with Gasteiger partial charge in [0.25, 0.3) is 11.6 Å². The van der Waals surface area contributed by atoms with Crippen LogP contribution in [0.5, 0.6) is 11.5 Å². The van der Waals surface area contributed by atoms with Gasteiger partial charge in [-0.05, 0) is 55.7 Å². The Hall–Kier alpha value is -3.87. The van der Waals surface area contributed by atoms with E-state index >= 15 is 0 Å². The largest absolute Gasteiger partial charge is 0.497 e. The van der Waals surface area contributed by atoms with Gasteiger partial charge < -0.3 is 14.8 Å². The highest BCUT2D eigenvalue weighted by atomic mass is 16.6. The standard InChI is InChI=1S/C24H24N2O5/c1-15-11-16(2)24(17(3)12-15)25-23(27)14-31-22-10-7-19(26(28)29)13-21(22)18-5-8-20(30-4)9-6-18/h5-13H,14H2,1-4H3,(H,25,27). The van der Waals surface area contributed by atoms with E-state index in [-0.39, 0.29) is 18.2 Å². The summed E-state index contributed by atoms with van der Waals surface area (Å²) in [5.74, 6) is 0.734. The summed E-state index contributed by atoms with van der Waals surface area (Å²) < 4.78 is 10.9. The number of aryl methyl sites for hydroxylation is 3. The fourth-order valence-electron chi connectivity index (χ4n) is 3.45. The number of nitro benzene ring substituents is 1. The van der Waals surface area contributed by atoms with E-state index in [4.69, 9.17) is 9.47 Å². The molecule has 0 saturated carbocycles. The molecule has 7 heteroatoms. The van der Waals surface area contributed by atoms with Crippen molar-refractivity contribution in [2.24, 2.45) is 0 Å². The van der Waals surface area contributed by atoms with Crippen LogP contribution in [-0.4, -0.2) is 24.5 Å². The molecule has 7 nitrogen and oxygen atoms in total. The number of anilines is 1. The molecule has 0 bridgehead atoms. The number of hydrogen-bond acceptors (Lipinski definition) is 5. The Morgan fingerprint density at radius 3 is 2.23 bits per heavy atom. The fraction of sp³-hybridized carbons (Fsp3) is 0.208. The fourth-order valence-corrected chi connectivity index (χ4v) is 3.45. The molecule has 0 aliphatic rings. The zero-order valence-electron chi connectivity index (χ0n) is 17.9. The van der Waals surface area contributed by atoms with Crippen LogP contribution >= 0.6 is 0 Å². The Morgan fingerprint density at radius 1 is 1.00 bits per heavy atom. The van der Waals surface area contributed by atoms with Gasteiger partial charge in [0.05, 0.1) is 12.0 Å². The van der Waals surface area contributed by atoms with Crippen LogP contribution in [-0.2, 0) is 4.79 Å². The minimum absolute atomic E-state index is 0.0616. The summed E-state index contributed by atoms with van der Waals surface area (Å²) in [6, 6.07) is 15.4. The SMILES string of the molecule is COc1ccc(-c2cc([N+](=O)[O-])ccc2OCC(=O)Nc2c(C)cc(C)cc2C)cc1. The summed E-state index contributed by atoms with van der Waals surface area (Å²) in [7, 11) is 1.56. The van der Waals surface area contributed by atoms with Gasteiger partial charge in [-0.15, -0.1) is 0 Å². The van der Waals surface area contributed by atoms with E-state index in [1.165, 1.54) is 18.2 Å². The predicted molar refractivity (Wildman–Crippen MR) is 120 cm³/mol. The molecule has 3 rings (SSSR count). The van der Waals surface area contributed by atoms with E-state index in [1.54, 1.807) is 31.4 Å². The second-order valence-corrected chi connectivity index (χ2v) is 7.28. The number of benzene rings is 3. The van der Waals surface area contributed by atoms with Crippen molar-refractivity contribution in [3.8, 4) is 22.6 Å². The van der Waals surface area contributed by atoms with E-state index in [0.29, 0.717) is 22.6 Å². The highest BCUT2D eigenvalue weighted by Gasteiger charge is 2.16. The van der Waals surface area contributed by atoms with Gasteiger partial charge >= 0.3 is 0 Å². The Kier molecular flexibility index (Phi) is 6.55. The topological polar surface area (TPSA) is 90.7 Å². The summed E-state index contributed by atoms with van der Waals surface area (Å²) in [5, 5.41) is 14.1. The zero-order valence-corrected chi connectivity index (χ0v) is 17.9. The minimum Gasteiger partial charge on any atom is -0.497 e. The Balaban J connectivity index is 1.82. The summed E-state index contributed by atoms with van der Waals surface area (Å²) >= 11 is 0. The number of carbonyl (C=O) groups excluding carboxylic acids is 1. The Labute approximate surface area is 180 Å². The highest BCUT2D eigenvalue weighted by molar-refractivity contribution is 5.93. The summed E-state index contributed by atoms with van der Waals surface area (Å²) in [5.41, 5.74) is 5.00. The molecule has 0 heterocycles. The van der Waals surface area contributed by atoms with Gasteiger partial charge in [0, 0.05) is 23.4 Å². The lowest BCUT2D eigenvalue weighted by molar-refractivity contribution is -0.384. The number of nitro groups is 1. The third kappa shape index (κ3) is 5.19. The molecule has 0 saturated heterocycles. The average molecular weight is 420 g/mol. The first-order chi connectivity index (χ1) is 14.8. The Morgan fingerprint density at radius 2 is 1.65 bits per heavy atom. The zero-order chi connectivity index (χ0) is 22.5. The number of hydrogen-bond donors (Lipinski definition) is 1. The number of methoxy groups -OCH3 is 1. The highest BCUT2D eigenvalue weighted by Crippen LogP contribution is 2.34. The minimum atomic E-state index is -0.466. The van der Waals surface area contributed by atoms with Crippen molar-refractivity contribution in [3.63, 3.8) is 0 Å². The van der Waals surface area contributed by atoms with Crippen LogP contribution in [0.2, 0.25) is 0 Å². The van der Waals surface area contributed by atoms with Crippen LogP contribution in [0.1, 0.15) is 16.7 Å². The molecule has 1 amide bonds. The number of rotatable bonds is 7. The van der Waals surface area contributed by atoms with Crippen LogP contribution in [0.3, 0.4) is 0 Å². The van der Waals surface area contributed by atoms with Crippen LogP contribution < -0.4 is 14.8 Å². The molecular formula is C24H24N2O5. The molecule has 0 spiro atoms. The molecule has 0 aliphatic heterocycles. The maximum atomic E-state index is 12.5. The molecule has 0 atom stereocenters. The molecule has 3 aromatic carbocycles. The molecule has 0 unspecified atom stereocenters. The molecule has 0 aromatic heterocycles. The van der Waals surface area contributed by atoms with Gasteiger partial charge in [0.15, 0.2) is 6.61 Å². The first-order valence-electron chi connectivity index (χ1n) is 9.72. The number of nitrogens with zero attached hydrogens (tertiary/aromatic N) is 1. The molecule has 0 aliphatic carbocycles. The quantitative estimate of drug-likeness (QED) is 0.418. The van der Waals surface area contributed by atoms with E-state index in [0.717, 1.165) is 22.4 Å². The smallest absolute Gasteiger partial charge is 0.270 e. The molecule has 3 aromatic rings. The van der Waals surface area contributed by atoms with Crippen LogP contribution in [0.25, 0.3) is 11.1 Å². The third-order valence-electron chi connectivity index (χ3n) is 4.88. The molecule has 31 heavy (non-hydrogen) atoms. The Bertz CT molecular complexity index is 1100. The number of non-ortho nitro benzene ring substituents is 1. The molecular weight excluding hydrogens is 396 g/mol. The van der Waals surface area contributed by atoms with Crippen LogP contribution in [0.15, 0.2) is 54.6 Å². The third-order valence-corrected chi connectivity index (χ3v) is 4.88. The van der Waals surface area contributed by atoms with Crippen molar-refractivity contribution in [3.05, 3.63) is 81.4 Å². The van der Waals surface area contributed by atoms with Gasteiger partial charge in [0.1, 0.15) is 11.5 Å². The summed E-state index contributed by atoms with van der Waals surface area (Å²) in [6.07, 6.45) is 0. The van der Waals surface area contributed by atoms with Crippen molar-refractivity contribution < 1.29 is 19.2 Å². The van der Waals surface area contributed by atoms with Gasteiger partial charge in [-0.2, -0.15) is 0 Å². The molecule has 0 fully saturated rings. The average Bonchev–Trinajstić information content (AvgIpc) is 2.74. The second kappa shape index (κ2) is 9.30. The predicted octanol–water partition coefficient (Wildman–Crippen LogP) is 5.21. The van der Waals surface area contributed by atoms with Gasteiger partial charge in [-0.3, -0.25) is 14.9 Å². The first kappa shape index (κ1) is 21.8. The van der Waals surface area contributed by atoms with Crippen molar-refractivity contribution in [2.75, 3.05) is 19.0 Å². The number of ether oxygens (including phenoxy) is 2. The lowest BCUT2D eigenvalue weighted by atomic mass is 10.0.